The summed E-state index contributed by atoms with van der Waals surface area (Å²) in [7, 11) is 0. The Morgan fingerprint density at radius 1 is 1.12 bits per heavy atom. The van der Waals surface area contributed by atoms with Gasteiger partial charge in [0.1, 0.15) is 0 Å². The van der Waals surface area contributed by atoms with Crippen molar-refractivity contribution in [1.29, 1.82) is 0 Å². The molecular formula is C20H22N2O2. The molecule has 0 aliphatic heterocycles. The molecule has 0 aliphatic carbocycles. The highest BCUT2D eigenvalue weighted by molar-refractivity contribution is 5.83. The Labute approximate surface area is 141 Å². The summed E-state index contributed by atoms with van der Waals surface area (Å²) in [4.78, 5) is 19.6. The lowest BCUT2D eigenvalue weighted by molar-refractivity contribution is -0.143. The van der Waals surface area contributed by atoms with Crippen LogP contribution in [0, 0.1) is 6.92 Å². The van der Waals surface area contributed by atoms with Crippen molar-refractivity contribution in [3.63, 3.8) is 0 Å². The van der Waals surface area contributed by atoms with Crippen molar-refractivity contribution < 1.29 is 9.53 Å². The summed E-state index contributed by atoms with van der Waals surface area (Å²) in [5, 5.41) is 1.18. The van der Waals surface area contributed by atoms with Crippen LogP contribution in [0.4, 0.5) is 0 Å². The van der Waals surface area contributed by atoms with Gasteiger partial charge in [-0.3, -0.25) is 9.78 Å². The highest BCUT2D eigenvalue weighted by Gasteiger charge is 2.07. The standard InChI is InChI=1S/C20H22N2O2/c1-15-6-4-7-17(22-15)8-5-13-24-20(23)12-11-16-14-21-19-10-3-2-9-18(16)19/h2-4,6-7,9-10,14,21H,5,8,11-13H2,1H3. The maximum atomic E-state index is 11.9. The Morgan fingerprint density at radius 3 is 2.88 bits per heavy atom. The number of carbonyl (C=O) groups is 1. The number of benzene rings is 1. The zero-order valence-electron chi connectivity index (χ0n) is 13.9. The average molecular weight is 322 g/mol. The maximum absolute atomic E-state index is 11.9. The largest absolute Gasteiger partial charge is 0.466 e. The van der Waals surface area contributed by atoms with Gasteiger partial charge in [-0.25, -0.2) is 0 Å². The fraction of sp³-hybridized carbons (Fsp3) is 0.300. The third-order valence-electron chi connectivity index (χ3n) is 4.06. The second-order valence-corrected chi connectivity index (χ2v) is 5.95. The SMILES string of the molecule is Cc1cccc(CCCOC(=O)CCc2c[nH]c3ccccc23)n1. The quantitative estimate of drug-likeness (QED) is 0.529. The van der Waals surface area contributed by atoms with Gasteiger partial charge in [-0.15, -0.1) is 0 Å². The van der Waals surface area contributed by atoms with Gasteiger partial charge in [0, 0.05) is 34.9 Å². The molecule has 24 heavy (non-hydrogen) atoms. The summed E-state index contributed by atoms with van der Waals surface area (Å²) in [6, 6.07) is 14.1. The topological polar surface area (TPSA) is 55.0 Å². The first-order valence-electron chi connectivity index (χ1n) is 8.35. The number of hydrogen-bond donors (Lipinski definition) is 1. The lowest BCUT2D eigenvalue weighted by atomic mass is 10.1. The molecule has 124 valence electrons. The molecule has 4 nitrogen and oxygen atoms in total. The van der Waals surface area contributed by atoms with Crippen molar-refractivity contribution in [3.05, 3.63) is 65.6 Å². The molecule has 0 amide bonds. The average Bonchev–Trinajstić information content (AvgIpc) is 3.00. The summed E-state index contributed by atoms with van der Waals surface area (Å²) in [5.41, 5.74) is 4.33. The first-order valence-corrected chi connectivity index (χ1v) is 8.35. The van der Waals surface area contributed by atoms with Gasteiger partial charge in [-0.05, 0) is 49.9 Å². The molecule has 0 saturated heterocycles. The molecule has 0 radical (unpaired) electrons. The van der Waals surface area contributed by atoms with E-state index in [1.807, 2.05) is 49.5 Å². The molecule has 0 atom stereocenters. The van der Waals surface area contributed by atoms with E-state index in [0.717, 1.165) is 35.3 Å². The van der Waals surface area contributed by atoms with Crippen LogP contribution in [0.15, 0.2) is 48.7 Å². The molecule has 0 aliphatic rings. The molecule has 0 bridgehead atoms. The highest BCUT2D eigenvalue weighted by Crippen LogP contribution is 2.19. The molecule has 0 unspecified atom stereocenters. The van der Waals surface area contributed by atoms with Crippen molar-refractivity contribution in [2.75, 3.05) is 6.61 Å². The number of H-pyrrole nitrogens is 1. The van der Waals surface area contributed by atoms with Crippen molar-refractivity contribution >= 4 is 16.9 Å². The molecule has 1 aromatic carbocycles. The van der Waals surface area contributed by atoms with E-state index in [1.165, 1.54) is 5.39 Å². The van der Waals surface area contributed by atoms with Gasteiger partial charge in [0.2, 0.25) is 0 Å². The first kappa shape index (κ1) is 16.2. The van der Waals surface area contributed by atoms with Crippen molar-refractivity contribution in [1.82, 2.24) is 9.97 Å². The van der Waals surface area contributed by atoms with Gasteiger partial charge in [0.15, 0.2) is 0 Å². The van der Waals surface area contributed by atoms with E-state index in [0.29, 0.717) is 19.4 Å². The summed E-state index contributed by atoms with van der Waals surface area (Å²) < 4.78 is 5.33. The molecule has 0 spiro atoms. The number of rotatable bonds is 7. The minimum absolute atomic E-state index is 0.141. The number of pyridine rings is 1. The zero-order valence-corrected chi connectivity index (χ0v) is 13.9. The smallest absolute Gasteiger partial charge is 0.306 e. The molecule has 2 aromatic heterocycles. The van der Waals surface area contributed by atoms with Crippen LogP contribution in [0.2, 0.25) is 0 Å². The fourth-order valence-electron chi connectivity index (χ4n) is 2.83. The lowest BCUT2D eigenvalue weighted by Crippen LogP contribution is -2.08. The number of aromatic amines is 1. The van der Waals surface area contributed by atoms with E-state index in [1.54, 1.807) is 0 Å². The summed E-state index contributed by atoms with van der Waals surface area (Å²) in [6.07, 6.45) is 4.71. The minimum Gasteiger partial charge on any atom is -0.466 e. The van der Waals surface area contributed by atoms with Gasteiger partial charge in [0.25, 0.3) is 0 Å². The number of hydrogen-bond acceptors (Lipinski definition) is 3. The number of fused-ring (bicyclic) bond motifs is 1. The minimum atomic E-state index is -0.141. The number of aryl methyl sites for hydroxylation is 3. The Balaban J connectivity index is 1.40. The molecule has 1 N–H and O–H groups in total. The van der Waals surface area contributed by atoms with E-state index >= 15 is 0 Å². The number of para-hydroxylation sites is 1. The Kier molecular flexibility index (Phi) is 5.26. The van der Waals surface area contributed by atoms with Crippen LogP contribution in [0.25, 0.3) is 10.9 Å². The van der Waals surface area contributed by atoms with E-state index < -0.39 is 0 Å². The number of nitrogens with one attached hydrogen (secondary N) is 1. The van der Waals surface area contributed by atoms with Crippen LogP contribution in [0.5, 0.6) is 0 Å². The molecule has 0 saturated carbocycles. The van der Waals surface area contributed by atoms with Gasteiger partial charge in [-0.1, -0.05) is 24.3 Å². The second kappa shape index (κ2) is 7.77. The zero-order chi connectivity index (χ0) is 16.8. The Hall–Kier alpha value is -2.62. The van der Waals surface area contributed by atoms with Crippen LogP contribution in [0.1, 0.15) is 29.8 Å². The van der Waals surface area contributed by atoms with Crippen LogP contribution in [0.3, 0.4) is 0 Å². The van der Waals surface area contributed by atoms with E-state index in [4.69, 9.17) is 4.74 Å². The Morgan fingerprint density at radius 2 is 2.00 bits per heavy atom. The first-order chi connectivity index (χ1) is 11.7. The monoisotopic (exact) mass is 322 g/mol. The van der Waals surface area contributed by atoms with Crippen LogP contribution >= 0.6 is 0 Å². The number of esters is 1. The van der Waals surface area contributed by atoms with Gasteiger partial charge in [-0.2, -0.15) is 0 Å². The number of ether oxygens (including phenoxy) is 1. The molecule has 4 heteroatoms. The van der Waals surface area contributed by atoms with Gasteiger partial charge >= 0.3 is 5.97 Å². The van der Waals surface area contributed by atoms with Gasteiger partial charge < -0.3 is 9.72 Å². The number of carbonyl (C=O) groups excluding carboxylic acids is 1. The van der Waals surface area contributed by atoms with E-state index in [9.17, 15) is 4.79 Å². The fourth-order valence-corrected chi connectivity index (χ4v) is 2.83. The van der Waals surface area contributed by atoms with E-state index in [2.05, 4.69) is 16.0 Å². The molecule has 2 heterocycles. The molecule has 3 rings (SSSR count). The van der Waals surface area contributed by atoms with Crippen LogP contribution in [-0.2, 0) is 22.4 Å². The Bertz CT molecular complexity index is 823. The second-order valence-electron chi connectivity index (χ2n) is 5.95. The van der Waals surface area contributed by atoms with E-state index in [-0.39, 0.29) is 5.97 Å². The van der Waals surface area contributed by atoms with Crippen molar-refractivity contribution in [2.24, 2.45) is 0 Å². The van der Waals surface area contributed by atoms with Gasteiger partial charge in [0.05, 0.1) is 6.61 Å². The van der Waals surface area contributed by atoms with Crippen LogP contribution < -0.4 is 0 Å². The van der Waals surface area contributed by atoms with Crippen molar-refractivity contribution in [3.8, 4) is 0 Å². The summed E-state index contributed by atoms with van der Waals surface area (Å²) in [6.45, 7) is 2.43. The normalized spacial score (nSPS) is 10.9. The molecule has 0 fully saturated rings. The number of nitrogens with zero attached hydrogens (tertiary/aromatic N) is 1. The summed E-state index contributed by atoms with van der Waals surface area (Å²) in [5.74, 6) is -0.141. The molecular weight excluding hydrogens is 300 g/mol. The van der Waals surface area contributed by atoms with Crippen LogP contribution in [-0.4, -0.2) is 22.5 Å². The van der Waals surface area contributed by atoms with Crippen molar-refractivity contribution in [2.45, 2.75) is 32.6 Å². The highest BCUT2D eigenvalue weighted by atomic mass is 16.5. The predicted molar refractivity (Wildman–Crippen MR) is 94.9 cm³/mol. The third kappa shape index (κ3) is 4.22. The molecule has 3 aromatic rings. The maximum Gasteiger partial charge on any atom is 0.306 e. The number of aromatic nitrogens is 2. The summed E-state index contributed by atoms with van der Waals surface area (Å²) >= 11 is 0. The third-order valence-corrected chi connectivity index (χ3v) is 4.06. The lowest BCUT2D eigenvalue weighted by Gasteiger charge is -2.05. The predicted octanol–water partition coefficient (Wildman–Crippen LogP) is 3.98.